The number of nitrogens with two attached hydrogens (primary N) is 1. The van der Waals surface area contributed by atoms with Crippen molar-refractivity contribution in [1.29, 1.82) is 0 Å². The lowest BCUT2D eigenvalue weighted by Crippen LogP contribution is -2.39. The van der Waals surface area contributed by atoms with Crippen molar-refractivity contribution in [1.82, 2.24) is 14.8 Å². The lowest BCUT2D eigenvalue weighted by atomic mass is 10.1. The Morgan fingerprint density at radius 3 is 2.75 bits per heavy atom. The lowest BCUT2D eigenvalue weighted by Gasteiger charge is -2.20. The van der Waals surface area contributed by atoms with Crippen molar-refractivity contribution < 1.29 is 18.7 Å². The van der Waals surface area contributed by atoms with Gasteiger partial charge in [0.15, 0.2) is 0 Å². The smallest absolute Gasteiger partial charge is 0.271 e. The summed E-state index contributed by atoms with van der Waals surface area (Å²) < 4.78 is 20.6. The highest BCUT2D eigenvalue weighted by molar-refractivity contribution is 6.44. The molecule has 11 heteroatoms. The first-order valence-corrected chi connectivity index (χ1v) is 9.78. The van der Waals surface area contributed by atoms with Crippen molar-refractivity contribution >= 4 is 28.9 Å². The molecule has 1 aliphatic heterocycles. The van der Waals surface area contributed by atoms with Crippen molar-refractivity contribution in [3.8, 4) is 5.75 Å². The highest BCUT2D eigenvalue weighted by Crippen LogP contribution is 2.25. The van der Waals surface area contributed by atoms with Crippen LogP contribution in [0.5, 0.6) is 5.75 Å². The predicted molar refractivity (Wildman–Crippen MR) is 115 cm³/mol. The molecule has 0 saturated carbocycles. The number of halogens is 1. The van der Waals surface area contributed by atoms with E-state index in [-0.39, 0.29) is 12.1 Å². The van der Waals surface area contributed by atoms with Gasteiger partial charge in [-0.2, -0.15) is 10.2 Å². The van der Waals surface area contributed by atoms with Gasteiger partial charge in [0, 0.05) is 18.2 Å². The van der Waals surface area contributed by atoms with E-state index >= 15 is 0 Å². The molecule has 4 rings (SSSR count). The summed E-state index contributed by atoms with van der Waals surface area (Å²) in [5.74, 6) is -0.961. The second-order valence-electron chi connectivity index (χ2n) is 6.98. The third kappa shape index (κ3) is 4.89. The average molecular weight is 437 g/mol. The Labute approximate surface area is 182 Å². The molecule has 1 aromatic heterocycles. The molecule has 2 aromatic carbocycles. The van der Waals surface area contributed by atoms with Crippen LogP contribution >= 0.6 is 0 Å². The van der Waals surface area contributed by atoms with Crippen LogP contribution in [0.3, 0.4) is 0 Å². The molecule has 0 fully saturated rings. The van der Waals surface area contributed by atoms with Crippen molar-refractivity contribution in [2.75, 3.05) is 16.9 Å². The number of nitrogens with zero attached hydrogens (tertiary/aromatic N) is 5. The summed E-state index contributed by atoms with van der Waals surface area (Å²) in [6.07, 6.45) is 3.07. The highest BCUT2D eigenvalue weighted by atomic mass is 19.1. The van der Waals surface area contributed by atoms with E-state index in [1.54, 1.807) is 35.3 Å². The second kappa shape index (κ2) is 9.25. The van der Waals surface area contributed by atoms with Crippen LogP contribution < -0.4 is 20.8 Å². The monoisotopic (exact) mass is 437 g/mol. The number of anilines is 2. The van der Waals surface area contributed by atoms with Gasteiger partial charge in [0.25, 0.3) is 5.91 Å². The van der Waals surface area contributed by atoms with Crippen molar-refractivity contribution in [3.63, 3.8) is 0 Å². The number of carbonyl (C=O) groups is 2. The molecule has 0 bridgehead atoms. The number of hydrogen-bond donors (Lipinski definition) is 2. The molecule has 3 aromatic rings. The summed E-state index contributed by atoms with van der Waals surface area (Å²) in [5, 5.41) is 12.3. The normalized spacial score (nSPS) is 15.3. The fraction of sp³-hybridized carbons (Fsp3) is 0.190. The maximum Gasteiger partial charge on any atom is 0.271 e. The molecule has 2 amide bonds. The molecule has 0 aliphatic carbocycles. The van der Waals surface area contributed by atoms with Gasteiger partial charge in [0.2, 0.25) is 5.91 Å². The third-order valence-electron chi connectivity index (χ3n) is 4.74. The zero-order valence-electron chi connectivity index (χ0n) is 16.9. The van der Waals surface area contributed by atoms with Gasteiger partial charge in [-0.1, -0.05) is 6.07 Å². The van der Waals surface area contributed by atoms with E-state index in [9.17, 15) is 14.0 Å². The molecule has 164 valence electrons. The van der Waals surface area contributed by atoms with E-state index in [0.29, 0.717) is 30.3 Å². The number of rotatable bonds is 8. The Hall–Kier alpha value is -4.28. The van der Waals surface area contributed by atoms with Gasteiger partial charge in [0.05, 0.1) is 12.2 Å². The largest absolute Gasteiger partial charge is 0.492 e. The molecule has 1 unspecified atom stereocenters. The van der Waals surface area contributed by atoms with Crippen LogP contribution in [0, 0.1) is 5.82 Å². The van der Waals surface area contributed by atoms with Crippen LogP contribution in [0.25, 0.3) is 0 Å². The fourth-order valence-corrected chi connectivity index (χ4v) is 3.17. The van der Waals surface area contributed by atoms with Crippen molar-refractivity contribution in [2.24, 2.45) is 10.8 Å². The van der Waals surface area contributed by atoms with E-state index in [0.717, 1.165) is 0 Å². The molecule has 1 aliphatic rings. The Morgan fingerprint density at radius 2 is 2.03 bits per heavy atom. The quantitative estimate of drug-likeness (QED) is 0.550. The van der Waals surface area contributed by atoms with Gasteiger partial charge in [0.1, 0.15) is 42.6 Å². The van der Waals surface area contributed by atoms with E-state index in [1.165, 1.54) is 35.6 Å². The molecule has 10 nitrogen and oxygen atoms in total. The van der Waals surface area contributed by atoms with Crippen molar-refractivity contribution in [3.05, 3.63) is 67.0 Å². The first-order chi connectivity index (χ1) is 15.5. The van der Waals surface area contributed by atoms with Crippen LogP contribution in [0.4, 0.5) is 15.8 Å². The number of hydrogen-bond acceptors (Lipinski definition) is 7. The number of carbonyl (C=O) groups excluding carboxylic acids is 2. The van der Waals surface area contributed by atoms with Crippen molar-refractivity contribution in [2.45, 2.75) is 19.0 Å². The molecular weight excluding hydrogens is 417 g/mol. The topological polar surface area (TPSA) is 128 Å². The molecule has 0 saturated heterocycles. The van der Waals surface area contributed by atoms with Gasteiger partial charge in [-0.15, -0.1) is 0 Å². The maximum absolute atomic E-state index is 13.2. The number of primary amides is 1. The minimum absolute atomic E-state index is 0.0344. The van der Waals surface area contributed by atoms with E-state index in [1.807, 2.05) is 0 Å². The molecule has 0 radical (unpaired) electrons. The highest BCUT2D eigenvalue weighted by Gasteiger charge is 2.35. The fourth-order valence-electron chi connectivity index (χ4n) is 3.17. The molecule has 32 heavy (non-hydrogen) atoms. The van der Waals surface area contributed by atoms with Gasteiger partial charge >= 0.3 is 0 Å². The van der Waals surface area contributed by atoms with Gasteiger partial charge in [-0.3, -0.25) is 14.6 Å². The summed E-state index contributed by atoms with van der Waals surface area (Å²) in [5.41, 5.74) is 6.59. The van der Waals surface area contributed by atoms with E-state index < -0.39 is 23.7 Å². The van der Waals surface area contributed by atoms with E-state index in [4.69, 9.17) is 10.5 Å². The van der Waals surface area contributed by atoms with E-state index in [2.05, 4.69) is 20.5 Å². The lowest BCUT2D eigenvalue weighted by molar-refractivity contribution is -0.119. The number of amides is 2. The summed E-state index contributed by atoms with van der Waals surface area (Å²) in [4.78, 5) is 28.5. The molecule has 2 heterocycles. The summed E-state index contributed by atoms with van der Waals surface area (Å²) in [6.45, 7) is 0.904. The second-order valence-corrected chi connectivity index (χ2v) is 6.98. The summed E-state index contributed by atoms with van der Waals surface area (Å²) in [6, 6.07) is 11.5. The van der Waals surface area contributed by atoms with Gasteiger partial charge < -0.3 is 15.8 Å². The van der Waals surface area contributed by atoms with Crippen LogP contribution in [0.15, 0.2) is 66.3 Å². The molecule has 0 spiro atoms. The minimum Gasteiger partial charge on any atom is -0.492 e. The Bertz CT molecular complexity index is 1130. The minimum atomic E-state index is -0.840. The Morgan fingerprint density at radius 1 is 1.22 bits per heavy atom. The number of benzene rings is 2. The average Bonchev–Trinajstić information content (AvgIpc) is 3.45. The SMILES string of the molecule is NC(=O)C1CC(C(=O)Nc2cccc(OCCn3cncn3)c2)=NN1c1ccc(F)cc1. The summed E-state index contributed by atoms with van der Waals surface area (Å²) in [7, 11) is 0. The number of hydrazone groups is 1. The molecular formula is C21H20FN7O3. The summed E-state index contributed by atoms with van der Waals surface area (Å²) >= 11 is 0. The third-order valence-corrected chi connectivity index (χ3v) is 4.74. The number of nitrogens with one attached hydrogen (secondary N) is 1. The van der Waals surface area contributed by atoms with Crippen LogP contribution in [0.1, 0.15) is 6.42 Å². The predicted octanol–water partition coefficient (Wildman–Crippen LogP) is 1.55. The molecule has 1 atom stereocenters. The van der Waals surface area contributed by atoms with Crippen LogP contribution in [-0.2, 0) is 16.1 Å². The standard InChI is InChI=1S/C21H20FN7O3/c22-14-4-6-16(7-5-14)29-19(20(23)30)11-18(27-29)21(31)26-15-2-1-3-17(10-15)32-9-8-28-13-24-12-25-28/h1-7,10,12-13,19H,8-9,11H2,(H2,23,30)(H,26,31). The zero-order valence-corrected chi connectivity index (χ0v) is 16.9. The zero-order chi connectivity index (χ0) is 22.5. The number of ether oxygens (including phenoxy) is 1. The number of aromatic nitrogens is 3. The van der Waals surface area contributed by atoms with Crippen LogP contribution in [-0.4, -0.2) is 44.9 Å². The van der Waals surface area contributed by atoms with Crippen LogP contribution in [0.2, 0.25) is 0 Å². The maximum atomic E-state index is 13.2. The van der Waals surface area contributed by atoms with Gasteiger partial charge in [-0.25, -0.2) is 14.1 Å². The Balaban J connectivity index is 1.42. The Kier molecular flexibility index (Phi) is 6.06. The first kappa shape index (κ1) is 21.0. The molecule has 3 N–H and O–H groups in total. The van der Waals surface area contributed by atoms with Gasteiger partial charge in [-0.05, 0) is 36.4 Å². The first-order valence-electron chi connectivity index (χ1n) is 9.78.